The maximum Gasteiger partial charge on any atom is 0.331 e. The predicted molar refractivity (Wildman–Crippen MR) is 48.6 cm³/mol. The lowest BCUT2D eigenvalue weighted by molar-refractivity contribution is -0.141. The maximum absolute atomic E-state index is 10.8. The Balaban J connectivity index is 3.68. The molecule has 1 unspecified atom stereocenters. The molecule has 5 nitrogen and oxygen atoms in total. The van der Waals surface area contributed by atoms with Crippen molar-refractivity contribution in [2.24, 2.45) is 0 Å². The van der Waals surface area contributed by atoms with Crippen molar-refractivity contribution in [2.75, 3.05) is 6.61 Å². The van der Waals surface area contributed by atoms with Gasteiger partial charge in [-0.15, -0.1) is 0 Å². The molecule has 0 spiro atoms. The third-order valence-electron chi connectivity index (χ3n) is 1.40. The van der Waals surface area contributed by atoms with Gasteiger partial charge in [0.25, 0.3) is 0 Å². The van der Waals surface area contributed by atoms with Crippen LogP contribution in [0.15, 0.2) is 12.2 Å². The molecular formula is C9H14O5. The Hall–Kier alpha value is -1.36. The van der Waals surface area contributed by atoms with Crippen LogP contribution in [0.2, 0.25) is 0 Å². The zero-order valence-corrected chi connectivity index (χ0v) is 7.97. The average Bonchev–Trinajstić information content (AvgIpc) is 2.12. The highest BCUT2D eigenvalue weighted by Gasteiger charge is 2.05. The number of carbonyl (C=O) groups is 2. The van der Waals surface area contributed by atoms with Crippen molar-refractivity contribution in [3.05, 3.63) is 12.2 Å². The lowest BCUT2D eigenvalue weighted by Gasteiger charge is -2.07. The number of carboxylic acids is 1. The molecule has 0 aromatic rings. The maximum atomic E-state index is 10.8. The minimum Gasteiger partial charge on any atom is -0.478 e. The zero-order valence-electron chi connectivity index (χ0n) is 7.97. The van der Waals surface area contributed by atoms with E-state index in [4.69, 9.17) is 10.2 Å². The summed E-state index contributed by atoms with van der Waals surface area (Å²) in [5.74, 6) is -1.97. The van der Waals surface area contributed by atoms with Crippen LogP contribution in [-0.2, 0) is 14.3 Å². The normalized spacial score (nSPS) is 12.7. The number of hydrogen-bond acceptors (Lipinski definition) is 4. The molecule has 0 aromatic heterocycles. The first-order valence-electron chi connectivity index (χ1n) is 4.32. The quantitative estimate of drug-likeness (QED) is 0.479. The molecule has 0 fully saturated rings. The Kier molecular flexibility index (Phi) is 6.39. The highest BCUT2D eigenvalue weighted by Crippen LogP contribution is 1.96. The van der Waals surface area contributed by atoms with Gasteiger partial charge in [-0.1, -0.05) is 13.3 Å². The Morgan fingerprint density at radius 1 is 1.43 bits per heavy atom. The topological polar surface area (TPSA) is 83.8 Å². The van der Waals surface area contributed by atoms with Gasteiger partial charge >= 0.3 is 11.9 Å². The summed E-state index contributed by atoms with van der Waals surface area (Å²) in [4.78, 5) is 20.8. The van der Waals surface area contributed by atoms with Gasteiger partial charge in [-0.3, -0.25) is 0 Å². The summed E-state index contributed by atoms with van der Waals surface area (Å²) < 4.78 is 4.57. The van der Waals surface area contributed by atoms with Crippen molar-refractivity contribution in [2.45, 2.75) is 25.9 Å². The molecule has 80 valence electrons. The number of carboxylic acid groups (broad SMARTS) is 1. The number of aliphatic hydroxyl groups is 1. The lowest BCUT2D eigenvalue weighted by atomic mass is 10.2. The second-order valence-electron chi connectivity index (χ2n) is 2.74. The Labute approximate surface area is 82.0 Å². The smallest absolute Gasteiger partial charge is 0.331 e. The van der Waals surface area contributed by atoms with Gasteiger partial charge in [0, 0.05) is 12.2 Å². The Morgan fingerprint density at radius 3 is 2.57 bits per heavy atom. The molecule has 0 aliphatic heterocycles. The van der Waals surface area contributed by atoms with E-state index in [1.54, 1.807) is 0 Å². The molecule has 0 aliphatic carbocycles. The second-order valence-corrected chi connectivity index (χ2v) is 2.74. The highest BCUT2D eigenvalue weighted by atomic mass is 16.5. The average molecular weight is 202 g/mol. The number of rotatable bonds is 6. The van der Waals surface area contributed by atoms with Gasteiger partial charge in [-0.05, 0) is 6.42 Å². The second kappa shape index (κ2) is 7.08. The summed E-state index contributed by atoms with van der Waals surface area (Å²) in [5.41, 5.74) is 0. The third kappa shape index (κ3) is 7.30. The molecule has 5 heteroatoms. The van der Waals surface area contributed by atoms with Crippen LogP contribution < -0.4 is 0 Å². The summed E-state index contributed by atoms with van der Waals surface area (Å²) >= 11 is 0. The van der Waals surface area contributed by atoms with E-state index in [1.165, 1.54) is 0 Å². The number of aliphatic carboxylic acids is 1. The minimum absolute atomic E-state index is 0.101. The Morgan fingerprint density at radius 2 is 2.07 bits per heavy atom. The number of aliphatic hydroxyl groups excluding tert-OH is 1. The number of hydrogen-bond donors (Lipinski definition) is 2. The molecule has 0 heterocycles. The van der Waals surface area contributed by atoms with E-state index >= 15 is 0 Å². The fourth-order valence-electron chi connectivity index (χ4n) is 0.782. The summed E-state index contributed by atoms with van der Waals surface area (Å²) in [7, 11) is 0. The van der Waals surface area contributed by atoms with Crippen LogP contribution in [0.4, 0.5) is 0 Å². The first-order chi connectivity index (χ1) is 6.56. The Bertz CT molecular complexity index is 221. The van der Waals surface area contributed by atoms with Gasteiger partial charge in [0.2, 0.25) is 0 Å². The molecule has 0 saturated carbocycles. The molecule has 1 atom stereocenters. The molecule has 0 bridgehead atoms. The van der Waals surface area contributed by atoms with Gasteiger partial charge in [0.15, 0.2) is 0 Å². The van der Waals surface area contributed by atoms with E-state index in [0.717, 1.165) is 12.5 Å². The van der Waals surface area contributed by atoms with Crippen LogP contribution in [0.5, 0.6) is 0 Å². The molecule has 0 aromatic carbocycles. The van der Waals surface area contributed by atoms with Crippen molar-refractivity contribution < 1.29 is 24.5 Å². The summed E-state index contributed by atoms with van der Waals surface area (Å²) in [5, 5.41) is 17.3. The van der Waals surface area contributed by atoms with Gasteiger partial charge < -0.3 is 14.9 Å². The summed E-state index contributed by atoms with van der Waals surface area (Å²) in [6.07, 6.45) is 2.16. The van der Waals surface area contributed by atoms with E-state index in [1.807, 2.05) is 6.92 Å². The SMILES string of the molecule is CCCC(O)COC(=O)/C=C/C(=O)O. The molecule has 0 amide bonds. The van der Waals surface area contributed by atoms with Crippen LogP contribution in [0.1, 0.15) is 19.8 Å². The van der Waals surface area contributed by atoms with Crippen LogP contribution in [0.3, 0.4) is 0 Å². The zero-order chi connectivity index (χ0) is 11.0. The largest absolute Gasteiger partial charge is 0.478 e. The monoisotopic (exact) mass is 202 g/mol. The summed E-state index contributed by atoms with van der Waals surface area (Å²) in [6.45, 7) is 1.80. The van der Waals surface area contributed by atoms with Crippen molar-refractivity contribution in [1.29, 1.82) is 0 Å². The first-order valence-corrected chi connectivity index (χ1v) is 4.32. The van der Waals surface area contributed by atoms with Crippen molar-refractivity contribution in [3.8, 4) is 0 Å². The van der Waals surface area contributed by atoms with E-state index < -0.39 is 18.0 Å². The predicted octanol–water partition coefficient (Wildman–Crippen LogP) is 0.331. The van der Waals surface area contributed by atoms with Gasteiger partial charge in [0.05, 0.1) is 6.10 Å². The van der Waals surface area contributed by atoms with Gasteiger partial charge in [-0.2, -0.15) is 0 Å². The van der Waals surface area contributed by atoms with Crippen molar-refractivity contribution in [3.63, 3.8) is 0 Å². The van der Waals surface area contributed by atoms with E-state index in [0.29, 0.717) is 12.5 Å². The molecule has 0 radical (unpaired) electrons. The van der Waals surface area contributed by atoms with Crippen molar-refractivity contribution in [1.82, 2.24) is 0 Å². The fourth-order valence-corrected chi connectivity index (χ4v) is 0.782. The van der Waals surface area contributed by atoms with E-state index in [9.17, 15) is 9.59 Å². The fraction of sp³-hybridized carbons (Fsp3) is 0.556. The lowest BCUT2D eigenvalue weighted by Crippen LogP contribution is -2.17. The molecule has 0 aliphatic rings. The molecular weight excluding hydrogens is 188 g/mol. The molecule has 0 rings (SSSR count). The highest BCUT2D eigenvalue weighted by molar-refractivity contribution is 5.90. The van der Waals surface area contributed by atoms with Crippen LogP contribution in [0.25, 0.3) is 0 Å². The number of ether oxygens (including phenoxy) is 1. The van der Waals surface area contributed by atoms with E-state index in [2.05, 4.69) is 4.74 Å². The minimum atomic E-state index is -1.21. The van der Waals surface area contributed by atoms with Gasteiger partial charge in [0.1, 0.15) is 6.61 Å². The number of esters is 1. The number of carbonyl (C=O) groups excluding carboxylic acids is 1. The van der Waals surface area contributed by atoms with Gasteiger partial charge in [-0.25, -0.2) is 9.59 Å². The van der Waals surface area contributed by atoms with Crippen LogP contribution in [0, 0.1) is 0 Å². The summed E-state index contributed by atoms with van der Waals surface area (Å²) in [6, 6.07) is 0. The molecule has 14 heavy (non-hydrogen) atoms. The first kappa shape index (κ1) is 12.6. The van der Waals surface area contributed by atoms with E-state index in [-0.39, 0.29) is 6.61 Å². The van der Waals surface area contributed by atoms with Crippen molar-refractivity contribution >= 4 is 11.9 Å². The van der Waals surface area contributed by atoms with Crippen LogP contribution >= 0.6 is 0 Å². The molecule has 2 N–H and O–H groups in total. The third-order valence-corrected chi connectivity index (χ3v) is 1.40. The standard InChI is InChI=1S/C9H14O5/c1-2-3-7(10)6-14-9(13)5-4-8(11)12/h4-5,7,10H,2-3,6H2,1H3,(H,11,12)/b5-4+. The van der Waals surface area contributed by atoms with Crippen LogP contribution in [-0.4, -0.2) is 34.9 Å². The molecule has 0 saturated heterocycles.